The molecule has 0 fully saturated rings. The molecule has 0 spiro atoms. The number of likely N-dealkylation sites (N-methyl/N-ethyl adjacent to an activating group) is 1. The summed E-state index contributed by atoms with van der Waals surface area (Å²) in [5.41, 5.74) is 5.64. The summed E-state index contributed by atoms with van der Waals surface area (Å²) in [5.74, 6) is 0.885. The van der Waals surface area contributed by atoms with Crippen molar-refractivity contribution in [1.82, 2.24) is 4.90 Å². The molecule has 0 heterocycles. The van der Waals surface area contributed by atoms with Crippen molar-refractivity contribution in [1.29, 1.82) is 0 Å². The number of nitrogens with zero attached hydrogens (tertiary/aromatic N) is 1. The average molecular weight is 366 g/mol. The average Bonchev–Trinajstić information content (AvgIpc) is 2.36. The highest BCUT2D eigenvalue weighted by molar-refractivity contribution is 9.10. The zero-order valence-corrected chi connectivity index (χ0v) is 14.2. The zero-order valence-electron chi connectivity index (χ0n) is 11.8. The van der Waals surface area contributed by atoms with Crippen molar-refractivity contribution in [3.63, 3.8) is 0 Å². The van der Waals surface area contributed by atoms with Gasteiger partial charge in [0.1, 0.15) is 12.4 Å². The molecule has 20 heavy (non-hydrogen) atoms. The Morgan fingerprint density at radius 1 is 1.40 bits per heavy atom. The molecule has 0 aromatic heterocycles. The first kappa shape index (κ1) is 19.2. The summed E-state index contributed by atoms with van der Waals surface area (Å²) in [7, 11) is 0. The summed E-state index contributed by atoms with van der Waals surface area (Å²) >= 11 is 3.37. The van der Waals surface area contributed by atoms with Crippen molar-refractivity contribution in [2.75, 3.05) is 19.7 Å². The molecular weight excluding hydrogens is 344 g/mol. The minimum Gasteiger partial charge on any atom is -0.492 e. The summed E-state index contributed by atoms with van der Waals surface area (Å²) in [6.07, 6.45) is 0.381. The second-order valence-electron chi connectivity index (χ2n) is 4.46. The van der Waals surface area contributed by atoms with Crippen LogP contribution in [0.5, 0.6) is 5.75 Å². The van der Waals surface area contributed by atoms with Gasteiger partial charge >= 0.3 is 0 Å². The van der Waals surface area contributed by atoms with Gasteiger partial charge in [0.05, 0.1) is 6.54 Å². The molecule has 1 atom stereocenters. The number of carbonyl (C=O) groups is 1. The lowest BCUT2D eigenvalue weighted by molar-refractivity contribution is -0.131. The fourth-order valence-electron chi connectivity index (χ4n) is 1.67. The number of halogens is 2. The van der Waals surface area contributed by atoms with Crippen molar-refractivity contribution in [3.05, 3.63) is 28.7 Å². The Labute approximate surface area is 135 Å². The number of carbonyl (C=O) groups excluding carboxylic acids is 1. The zero-order chi connectivity index (χ0) is 14.3. The second kappa shape index (κ2) is 10.0. The molecule has 0 saturated carbocycles. The highest BCUT2D eigenvalue weighted by Crippen LogP contribution is 2.15. The summed E-state index contributed by atoms with van der Waals surface area (Å²) in [6.45, 7) is 5.54. The van der Waals surface area contributed by atoms with Crippen molar-refractivity contribution in [3.8, 4) is 5.75 Å². The van der Waals surface area contributed by atoms with Gasteiger partial charge in [-0.15, -0.1) is 12.4 Å². The van der Waals surface area contributed by atoms with E-state index in [0.717, 1.165) is 10.2 Å². The van der Waals surface area contributed by atoms with E-state index in [1.54, 1.807) is 4.90 Å². The number of hydrogen-bond donors (Lipinski definition) is 1. The molecule has 0 aliphatic heterocycles. The van der Waals surface area contributed by atoms with Crippen LogP contribution in [0.2, 0.25) is 0 Å². The molecule has 0 saturated heterocycles. The van der Waals surface area contributed by atoms with E-state index in [0.29, 0.717) is 26.1 Å². The maximum absolute atomic E-state index is 11.9. The summed E-state index contributed by atoms with van der Waals surface area (Å²) in [6, 6.07) is 7.53. The van der Waals surface area contributed by atoms with Crippen LogP contribution in [0, 0.1) is 0 Å². The van der Waals surface area contributed by atoms with E-state index in [4.69, 9.17) is 10.5 Å². The number of ether oxygens (including phenoxy) is 1. The van der Waals surface area contributed by atoms with Gasteiger partial charge in [-0.25, -0.2) is 0 Å². The lowest BCUT2D eigenvalue weighted by atomic mass is 10.2. The van der Waals surface area contributed by atoms with Gasteiger partial charge in [0.25, 0.3) is 0 Å². The van der Waals surface area contributed by atoms with Gasteiger partial charge in [0.2, 0.25) is 5.91 Å². The fourth-order valence-corrected chi connectivity index (χ4v) is 1.93. The van der Waals surface area contributed by atoms with Crippen LogP contribution in [-0.4, -0.2) is 36.5 Å². The van der Waals surface area contributed by atoms with Gasteiger partial charge in [-0.05, 0) is 38.1 Å². The molecule has 114 valence electrons. The van der Waals surface area contributed by atoms with E-state index in [9.17, 15) is 4.79 Å². The van der Waals surface area contributed by atoms with Crippen LogP contribution in [0.3, 0.4) is 0 Å². The largest absolute Gasteiger partial charge is 0.492 e. The Morgan fingerprint density at radius 3 is 2.50 bits per heavy atom. The van der Waals surface area contributed by atoms with Crippen LogP contribution < -0.4 is 10.5 Å². The summed E-state index contributed by atoms with van der Waals surface area (Å²) in [4.78, 5) is 13.6. The van der Waals surface area contributed by atoms with Crippen LogP contribution in [0.1, 0.15) is 20.3 Å². The van der Waals surface area contributed by atoms with Crippen LogP contribution >= 0.6 is 28.3 Å². The normalized spacial score (nSPS) is 11.4. The van der Waals surface area contributed by atoms with Gasteiger partial charge in [-0.2, -0.15) is 0 Å². The minimum atomic E-state index is -0.103. The second-order valence-corrected chi connectivity index (χ2v) is 5.37. The molecule has 0 aliphatic rings. The lowest BCUT2D eigenvalue weighted by Crippen LogP contribution is -2.37. The molecule has 0 radical (unpaired) electrons. The molecule has 1 aromatic rings. The van der Waals surface area contributed by atoms with Crippen molar-refractivity contribution in [2.45, 2.75) is 26.3 Å². The van der Waals surface area contributed by atoms with Gasteiger partial charge < -0.3 is 15.4 Å². The highest BCUT2D eigenvalue weighted by atomic mass is 79.9. The number of amides is 1. The molecular formula is C14H22BrClN2O2. The third kappa shape index (κ3) is 7.12. The third-order valence-corrected chi connectivity index (χ3v) is 3.20. The first-order valence-electron chi connectivity index (χ1n) is 6.44. The maximum atomic E-state index is 11.9. The van der Waals surface area contributed by atoms with Crippen LogP contribution in [0.25, 0.3) is 0 Å². The maximum Gasteiger partial charge on any atom is 0.224 e. The lowest BCUT2D eigenvalue weighted by Gasteiger charge is -2.22. The molecule has 1 rings (SSSR count). The van der Waals surface area contributed by atoms with Gasteiger partial charge in [0.15, 0.2) is 0 Å². The van der Waals surface area contributed by atoms with E-state index in [2.05, 4.69) is 15.9 Å². The summed E-state index contributed by atoms with van der Waals surface area (Å²) < 4.78 is 6.62. The first-order chi connectivity index (χ1) is 9.02. The molecule has 4 nitrogen and oxygen atoms in total. The highest BCUT2D eigenvalue weighted by Gasteiger charge is 2.13. The van der Waals surface area contributed by atoms with Gasteiger partial charge in [0, 0.05) is 23.5 Å². The Bertz CT molecular complexity index is 399. The number of benzene rings is 1. The van der Waals surface area contributed by atoms with Gasteiger partial charge in [-0.3, -0.25) is 4.79 Å². The van der Waals surface area contributed by atoms with E-state index in [-0.39, 0.29) is 24.4 Å². The van der Waals surface area contributed by atoms with E-state index in [1.165, 1.54) is 0 Å². The Balaban J connectivity index is 0.00000361. The van der Waals surface area contributed by atoms with Crippen molar-refractivity contribution >= 4 is 34.2 Å². The third-order valence-electron chi connectivity index (χ3n) is 2.67. The van der Waals surface area contributed by atoms with E-state index >= 15 is 0 Å². The quantitative estimate of drug-likeness (QED) is 0.808. The van der Waals surface area contributed by atoms with Crippen molar-refractivity contribution in [2.24, 2.45) is 5.73 Å². The predicted molar refractivity (Wildman–Crippen MR) is 87.4 cm³/mol. The smallest absolute Gasteiger partial charge is 0.224 e. The monoisotopic (exact) mass is 364 g/mol. The summed E-state index contributed by atoms with van der Waals surface area (Å²) in [5, 5.41) is 0. The predicted octanol–water partition coefficient (Wildman–Crippen LogP) is 2.84. The Morgan fingerprint density at radius 2 is 2.00 bits per heavy atom. The van der Waals surface area contributed by atoms with Gasteiger partial charge in [-0.1, -0.05) is 15.9 Å². The SMILES string of the molecule is CCN(CCOc1ccc(Br)cc1)C(=O)CC(C)N.Cl. The van der Waals surface area contributed by atoms with E-state index < -0.39 is 0 Å². The first-order valence-corrected chi connectivity index (χ1v) is 7.24. The molecule has 1 amide bonds. The fraction of sp³-hybridized carbons (Fsp3) is 0.500. The van der Waals surface area contributed by atoms with Crippen LogP contribution in [0.15, 0.2) is 28.7 Å². The van der Waals surface area contributed by atoms with Crippen LogP contribution in [-0.2, 0) is 4.79 Å². The number of rotatable bonds is 7. The number of nitrogens with two attached hydrogens (primary N) is 1. The van der Waals surface area contributed by atoms with E-state index in [1.807, 2.05) is 38.1 Å². The number of hydrogen-bond acceptors (Lipinski definition) is 3. The molecule has 2 N–H and O–H groups in total. The molecule has 1 unspecified atom stereocenters. The standard InChI is InChI=1S/C14H21BrN2O2.ClH/c1-3-17(14(18)10-11(2)16)8-9-19-13-6-4-12(15)5-7-13;/h4-7,11H,3,8-10,16H2,1-2H3;1H. The molecule has 0 aliphatic carbocycles. The molecule has 0 bridgehead atoms. The van der Waals surface area contributed by atoms with Crippen LogP contribution in [0.4, 0.5) is 0 Å². The molecule has 6 heteroatoms. The Hall–Kier alpha value is -0.780. The van der Waals surface area contributed by atoms with Crippen molar-refractivity contribution < 1.29 is 9.53 Å². The molecule has 1 aromatic carbocycles. The Kier molecular flexibility index (Phi) is 9.63. The minimum absolute atomic E-state index is 0. The topological polar surface area (TPSA) is 55.6 Å².